The fraction of sp³-hybridized carbons (Fsp3) is 0.500. The summed E-state index contributed by atoms with van der Waals surface area (Å²) in [6.07, 6.45) is 0.169. The van der Waals surface area contributed by atoms with Gasteiger partial charge in [0.1, 0.15) is 5.60 Å². The van der Waals surface area contributed by atoms with Crippen molar-refractivity contribution in [3.8, 4) is 0 Å². The van der Waals surface area contributed by atoms with Gasteiger partial charge >= 0.3 is 6.09 Å². The summed E-state index contributed by atoms with van der Waals surface area (Å²) in [6.45, 7) is 5.68. The fourth-order valence-corrected chi connectivity index (χ4v) is 1.64. The Labute approximate surface area is 114 Å². The SMILES string of the molecule is CC(C)(C)OC(=O)N[C@H](CON)Cc1ccccc1. The van der Waals surface area contributed by atoms with Crippen molar-refractivity contribution in [1.29, 1.82) is 0 Å². The van der Waals surface area contributed by atoms with E-state index in [1.165, 1.54) is 0 Å². The van der Waals surface area contributed by atoms with Crippen LogP contribution in [-0.4, -0.2) is 24.3 Å². The van der Waals surface area contributed by atoms with Gasteiger partial charge in [-0.1, -0.05) is 30.3 Å². The van der Waals surface area contributed by atoms with Crippen molar-refractivity contribution in [2.75, 3.05) is 6.61 Å². The number of nitrogens with one attached hydrogen (secondary N) is 1. The van der Waals surface area contributed by atoms with E-state index in [0.29, 0.717) is 6.42 Å². The van der Waals surface area contributed by atoms with E-state index in [0.717, 1.165) is 5.56 Å². The van der Waals surface area contributed by atoms with E-state index in [4.69, 9.17) is 10.6 Å². The van der Waals surface area contributed by atoms with Crippen molar-refractivity contribution < 1.29 is 14.4 Å². The standard InChI is InChI=1S/C14H22N2O3/c1-14(2,3)19-13(17)16-12(10-18-15)9-11-7-5-4-6-8-11/h4-8,12H,9-10,15H2,1-3H3,(H,16,17)/t12-/m0/s1. The lowest BCUT2D eigenvalue weighted by atomic mass is 10.1. The molecule has 0 saturated heterocycles. The molecule has 0 aliphatic rings. The lowest BCUT2D eigenvalue weighted by Gasteiger charge is -2.23. The van der Waals surface area contributed by atoms with Gasteiger partial charge in [0, 0.05) is 0 Å². The van der Waals surface area contributed by atoms with Crippen LogP contribution in [0.4, 0.5) is 4.79 Å². The molecule has 0 aliphatic heterocycles. The van der Waals surface area contributed by atoms with Crippen LogP contribution in [0.3, 0.4) is 0 Å². The predicted octanol–water partition coefficient (Wildman–Crippen LogP) is 2.01. The molecule has 0 aromatic heterocycles. The van der Waals surface area contributed by atoms with Crippen molar-refractivity contribution in [1.82, 2.24) is 5.32 Å². The smallest absolute Gasteiger partial charge is 0.407 e. The Morgan fingerprint density at radius 3 is 2.47 bits per heavy atom. The van der Waals surface area contributed by atoms with Gasteiger partial charge < -0.3 is 14.9 Å². The van der Waals surface area contributed by atoms with Crippen LogP contribution in [-0.2, 0) is 16.0 Å². The molecular formula is C14H22N2O3. The fourth-order valence-electron chi connectivity index (χ4n) is 1.64. The molecule has 1 rings (SSSR count). The minimum Gasteiger partial charge on any atom is -0.444 e. The van der Waals surface area contributed by atoms with Crippen LogP contribution in [0, 0.1) is 0 Å². The molecule has 0 heterocycles. The normalized spacial score (nSPS) is 12.8. The van der Waals surface area contributed by atoms with Gasteiger partial charge in [-0.05, 0) is 32.8 Å². The minimum absolute atomic E-state index is 0.220. The number of amides is 1. The number of nitrogens with two attached hydrogens (primary N) is 1. The van der Waals surface area contributed by atoms with Crippen LogP contribution in [0.25, 0.3) is 0 Å². The number of carbonyl (C=O) groups is 1. The highest BCUT2D eigenvalue weighted by Crippen LogP contribution is 2.08. The summed E-state index contributed by atoms with van der Waals surface area (Å²) in [6, 6.07) is 9.59. The van der Waals surface area contributed by atoms with Gasteiger partial charge in [0.15, 0.2) is 0 Å². The van der Waals surface area contributed by atoms with Gasteiger partial charge in [-0.3, -0.25) is 0 Å². The average molecular weight is 266 g/mol. The van der Waals surface area contributed by atoms with Crippen LogP contribution < -0.4 is 11.2 Å². The predicted molar refractivity (Wildman–Crippen MR) is 73.4 cm³/mol. The van der Waals surface area contributed by atoms with Gasteiger partial charge in [-0.2, -0.15) is 0 Å². The zero-order chi connectivity index (χ0) is 14.3. The van der Waals surface area contributed by atoms with Crippen molar-refractivity contribution in [3.05, 3.63) is 35.9 Å². The van der Waals surface area contributed by atoms with Crippen LogP contribution in [0.5, 0.6) is 0 Å². The molecule has 106 valence electrons. The summed E-state index contributed by atoms with van der Waals surface area (Å²) >= 11 is 0. The molecule has 0 unspecified atom stereocenters. The third-order valence-corrected chi connectivity index (χ3v) is 2.34. The molecule has 0 radical (unpaired) electrons. The topological polar surface area (TPSA) is 73.6 Å². The Hall–Kier alpha value is -1.59. The molecule has 0 aliphatic carbocycles. The molecule has 0 bridgehead atoms. The highest BCUT2D eigenvalue weighted by Gasteiger charge is 2.19. The first kappa shape index (κ1) is 15.5. The maximum atomic E-state index is 11.7. The molecule has 0 fully saturated rings. The molecule has 1 amide bonds. The zero-order valence-electron chi connectivity index (χ0n) is 11.7. The van der Waals surface area contributed by atoms with Gasteiger partial charge in [-0.15, -0.1) is 0 Å². The van der Waals surface area contributed by atoms with Gasteiger partial charge in [-0.25, -0.2) is 10.7 Å². The molecule has 19 heavy (non-hydrogen) atoms. The Kier molecular flexibility index (Phi) is 5.79. The first-order valence-corrected chi connectivity index (χ1v) is 6.26. The molecular weight excluding hydrogens is 244 g/mol. The number of hydrogen-bond acceptors (Lipinski definition) is 4. The lowest BCUT2D eigenvalue weighted by molar-refractivity contribution is 0.0443. The first-order chi connectivity index (χ1) is 8.90. The summed E-state index contributed by atoms with van der Waals surface area (Å²) in [4.78, 5) is 16.3. The Bertz CT molecular complexity index is 387. The van der Waals surface area contributed by atoms with E-state index in [9.17, 15) is 4.79 Å². The average Bonchev–Trinajstić information content (AvgIpc) is 2.27. The number of hydrogen-bond donors (Lipinski definition) is 2. The van der Waals surface area contributed by atoms with Crippen LogP contribution >= 0.6 is 0 Å². The molecule has 5 nitrogen and oxygen atoms in total. The monoisotopic (exact) mass is 266 g/mol. The van der Waals surface area contributed by atoms with Gasteiger partial charge in [0.2, 0.25) is 0 Å². The largest absolute Gasteiger partial charge is 0.444 e. The maximum Gasteiger partial charge on any atom is 0.407 e. The van der Waals surface area contributed by atoms with Crippen LogP contribution in [0.1, 0.15) is 26.3 Å². The highest BCUT2D eigenvalue weighted by atomic mass is 16.6. The number of alkyl carbamates (subject to hydrolysis) is 1. The third kappa shape index (κ3) is 6.79. The first-order valence-electron chi connectivity index (χ1n) is 6.26. The van der Waals surface area contributed by atoms with E-state index in [1.54, 1.807) is 0 Å². The summed E-state index contributed by atoms with van der Waals surface area (Å²) < 4.78 is 5.21. The molecule has 1 atom stereocenters. The number of ether oxygens (including phenoxy) is 1. The van der Waals surface area contributed by atoms with Crippen molar-refractivity contribution in [2.45, 2.75) is 38.8 Å². The zero-order valence-corrected chi connectivity index (χ0v) is 11.7. The van der Waals surface area contributed by atoms with Crippen molar-refractivity contribution in [3.63, 3.8) is 0 Å². The number of rotatable bonds is 5. The second kappa shape index (κ2) is 7.11. The minimum atomic E-state index is -0.523. The molecule has 1 aromatic carbocycles. The lowest BCUT2D eigenvalue weighted by Crippen LogP contribution is -2.43. The summed E-state index contributed by atoms with van der Waals surface area (Å²) in [5, 5.41) is 2.76. The van der Waals surface area contributed by atoms with Crippen molar-refractivity contribution in [2.24, 2.45) is 5.90 Å². The van der Waals surface area contributed by atoms with Crippen molar-refractivity contribution >= 4 is 6.09 Å². The summed E-state index contributed by atoms with van der Waals surface area (Å²) in [7, 11) is 0. The highest BCUT2D eigenvalue weighted by molar-refractivity contribution is 5.68. The van der Waals surface area contributed by atoms with E-state index < -0.39 is 11.7 Å². The number of benzene rings is 1. The van der Waals surface area contributed by atoms with E-state index in [1.807, 2.05) is 51.1 Å². The third-order valence-electron chi connectivity index (χ3n) is 2.34. The molecule has 3 N–H and O–H groups in total. The molecule has 1 aromatic rings. The molecule has 0 saturated carbocycles. The quantitative estimate of drug-likeness (QED) is 0.800. The Morgan fingerprint density at radius 1 is 1.32 bits per heavy atom. The summed E-state index contributed by atoms with van der Waals surface area (Å²) in [5.41, 5.74) is 0.575. The Balaban J connectivity index is 2.55. The van der Waals surface area contributed by atoms with E-state index in [2.05, 4.69) is 10.2 Å². The van der Waals surface area contributed by atoms with Crippen LogP contribution in [0.2, 0.25) is 0 Å². The molecule has 0 spiro atoms. The number of carbonyl (C=O) groups excluding carboxylic acids is 1. The Morgan fingerprint density at radius 2 is 1.95 bits per heavy atom. The second-order valence-corrected chi connectivity index (χ2v) is 5.37. The second-order valence-electron chi connectivity index (χ2n) is 5.37. The van der Waals surface area contributed by atoms with E-state index in [-0.39, 0.29) is 12.6 Å². The molecule has 5 heteroatoms. The van der Waals surface area contributed by atoms with Gasteiger partial charge in [0.25, 0.3) is 0 Å². The van der Waals surface area contributed by atoms with Gasteiger partial charge in [0.05, 0.1) is 12.6 Å². The van der Waals surface area contributed by atoms with Crippen LogP contribution in [0.15, 0.2) is 30.3 Å². The summed E-state index contributed by atoms with van der Waals surface area (Å²) in [5.74, 6) is 5.09. The van der Waals surface area contributed by atoms with E-state index >= 15 is 0 Å². The maximum absolute atomic E-state index is 11.7.